The van der Waals surface area contributed by atoms with Gasteiger partial charge in [0.05, 0.1) is 25.0 Å². The average molecular weight is 369 g/mol. The largest absolute Gasteiger partial charge is 0.465 e. The summed E-state index contributed by atoms with van der Waals surface area (Å²) in [6.45, 7) is 7.66. The minimum atomic E-state index is -0.127. The number of carbonyl (C=O) groups is 2. The zero-order valence-electron chi connectivity index (χ0n) is 17.3. The molecule has 0 aromatic carbocycles. The molecule has 4 heteroatoms. The summed E-state index contributed by atoms with van der Waals surface area (Å²) in [6.07, 6.45) is 12.1. The van der Waals surface area contributed by atoms with E-state index in [1.54, 1.807) is 0 Å². The standard InChI is InChI=1S/C22H40O4/c1-4-5-9-15-25-21(23)19-13-11-14-20(17-19)22(24)26-16-10-7-6-8-12-18(2)3/h18-20H,4-17H2,1-3H3. The molecule has 0 heterocycles. The molecule has 2 atom stereocenters. The molecule has 152 valence electrons. The first kappa shape index (κ1) is 23.0. The van der Waals surface area contributed by atoms with Crippen LogP contribution in [-0.2, 0) is 19.1 Å². The van der Waals surface area contributed by atoms with Gasteiger partial charge in [0.15, 0.2) is 0 Å². The van der Waals surface area contributed by atoms with Crippen LogP contribution < -0.4 is 0 Å². The molecule has 1 aliphatic rings. The quantitative estimate of drug-likeness (QED) is 0.310. The van der Waals surface area contributed by atoms with Gasteiger partial charge >= 0.3 is 11.9 Å². The molecule has 4 nitrogen and oxygen atoms in total. The van der Waals surface area contributed by atoms with E-state index in [2.05, 4.69) is 20.8 Å². The third-order valence-electron chi connectivity index (χ3n) is 5.25. The van der Waals surface area contributed by atoms with Crippen molar-refractivity contribution in [3.05, 3.63) is 0 Å². The number of hydrogen-bond acceptors (Lipinski definition) is 4. The highest BCUT2D eigenvalue weighted by molar-refractivity contribution is 5.76. The lowest BCUT2D eigenvalue weighted by atomic mass is 9.81. The molecule has 1 fully saturated rings. The van der Waals surface area contributed by atoms with E-state index in [9.17, 15) is 9.59 Å². The minimum Gasteiger partial charge on any atom is -0.465 e. The number of hydrogen-bond donors (Lipinski definition) is 0. The molecule has 0 bridgehead atoms. The van der Waals surface area contributed by atoms with Gasteiger partial charge in [-0.05, 0) is 38.0 Å². The van der Waals surface area contributed by atoms with Crippen LogP contribution in [0.2, 0.25) is 0 Å². The molecule has 1 rings (SSSR count). The predicted octanol–water partition coefficient (Wildman–Crippen LogP) is 5.68. The Kier molecular flexibility index (Phi) is 12.4. The lowest BCUT2D eigenvalue weighted by Crippen LogP contribution is -2.30. The van der Waals surface area contributed by atoms with Crippen molar-refractivity contribution >= 4 is 11.9 Å². The van der Waals surface area contributed by atoms with Crippen LogP contribution in [0.25, 0.3) is 0 Å². The van der Waals surface area contributed by atoms with E-state index < -0.39 is 0 Å². The van der Waals surface area contributed by atoms with Crippen molar-refractivity contribution in [2.75, 3.05) is 13.2 Å². The van der Waals surface area contributed by atoms with Crippen LogP contribution in [0.1, 0.15) is 97.8 Å². The Hall–Kier alpha value is -1.06. The second kappa shape index (κ2) is 14.1. The van der Waals surface area contributed by atoms with Gasteiger partial charge in [-0.2, -0.15) is 0 Å². The monoisotopic (exact) mass is 368 g/mol. The molecule has 26 heavy (non-hydrogen) atoms. The molecule has 0 radical (unpaired) electrons. The second-order valence-corrected chi connectivity index (χ2v) is 8.20. The molecule has 0 spiro atoms. The van der Waals surface area contributed by atoms with E-state index in [0.29, 0.717) is 19.6 Å². The number of esters is 2. The van der Waals surface area contributed by atoms with Crippen LogP contribution in [0.3, 0.4) is 0 Å². The molecular weight excluding hydrogens is 328 g/mol. The van der Waals surface area contributed by atoms with Gasteiger partial charge in [-0.25, -0.2) is 0 Å². The van der Waals surface area contributed by atoms with Gasteiger partial charge in [0.2, 0.25) is 0 Å². The van der Waals surface area contributed by atoms with Crippen molar-refractivity contribution in [2.24, 2.45) is 17.8 Å². The van der Waals surface area contributed by atoms with E-state index in [-0.39, 0.29) is 23.8 Å². The third-order valence-corrected chi connectivity index (χ3v) is 5.25. The minimum absolute atomic E-state index is 0.115. The molecular formula is C22H40O4. The molecule has 2 unspecified atom stereocenters. The van der Waals surface area contributed by atoms with Crippen molar-refractivity contribution in [2.45, 2.75) is 97.8 Å². The normalized spacial score (nSPS) is 20.2. The molecule has 1 saturated carbocycles. The topological polar surface area (TPSA) is 52.6 Å². The summed E-state index contributed by atoms with van der Waals surface area (Å²) < 4.78 is 10.8. The Morgan fingerprint density at radius 3 is 1.92 bits per heavy atom. The molecule has 0 N–H and O–H groups in total. The predicted molar refractivity (Wildman–Crippen MR) is 105 cm³/mol. The molecule has 0 saturated heterocycles. The number of rotatable bonds is 13. The van der Waals surface area contributed by atoms with Crippen LogP contribution >= 0.6 is 0 Å². The van der Waals surface area contributed by atoms with Crippen molar-refractivity contribution < 1.29 is 19.1 Å². The van der Waals surface area contributed by atoms with Crippen molar-refractivity contribution in [3.63, 3.8) is 0 Å². The molecule has 0 aliphatic heterocycles. The van der Waals surface area contributed by atoms with Gasteiger partial charge in [0.1, 0.15) is 0 Å². The van der Waals surface area contributed by atoms with Crippen LogP contribution in [0.4, 0.5) is 0 Å². The zero-order chi connectivity index (χ0) is 19.2. The molecule has 0 amide bonds. The fourth-order valence-electron chi connectivity index (χ4n) is 3.56. The summed E-state index contributed by atoms with van der Waals surface area (Å²) >= 11 is 0. The van der Waals surface area contributed by atoms with E-state index >= 15 is 0 Å². The Bertz CT molecular complexity index is 392. The Morgan fingerprint density at radius 2 is 1.38 bits per heavy atom. The lowest BCUT2D eigenvalue weighted by Gasteiger charge is -2.26. The van der Waals surface area contributed by atoms with Crippen LogP contribution in [0.15, 0.2) is 0 Å². The molecule has 1 aliphatic carbocycles. The second-order valence-electron chi connectivity index (χ2n) is 8.20. The zero-order valence-corrected chi connectivity index (χ0v) is 17.3. The SMILES string of the molecule is CCCCCOC(=O)C1CCCC(C(=O)OCCCCCCC(C)C)C1. The van der Waals surface area contributed by atoms with Crippen molar-refractivity contribution in [1.82, 2.24) is 0 Å². The number of carbonyl (C=O) groups excluding carboxylic acids is 2. The van der Waals surface area contributed by atoms with E-state index in [4.69, 9.17) is 9.47 Å². The third kappa shape index (κ3) is 10.2. The Labute approximate surface area is 160 Å². The van der Waals surface area contributed by atoms with Gasteiger partial charge < -0.3 is 9.47 Å². The highest BCUT2D eigenvalue weighted by atomic mass is 16.5. The fourth-order valence-corrected chi connectivity index (χ4v) is 3.56. The van der Waals surface area contributed by atoms with Gasteiger partial charge in [-0.3, -0.25) is 9.59 Å². The average Bonchev–Trinajstić information content (AvgIpc) is 2.64. The summed E-state index contributed by atoms with van der Waals surface area (Å²) in [5.74, 6) is 0.279. The van der Waals surface area contributed by atoms with Crippen LogP contribution in [0, 0.1) is 17.8 Å². The highest BCUT2D eigenvalue weighted by Crippen LogP contribution is 2.31. The lowest BCUT2D eigenvalue weighted by molar-refractivity contribution is -0.155. The summed E-state index contributed by atoms with van der Waals surface area (Å²) in [5, 5.41) is 0. The maximum Gasteiger partial charge on any atom is 0.308 e. The number of ether oxygens (including phenoxy) is 2. The van der Waals surface area contributed by atoms with Crippen LogP contribution in [-0.4, -0.2) is 25.2 Å². The fraction of sp³-hybridized carbons (Fsp3) is 0.909. The van der Waals surface area contributed by atoms with Gasteiger partial charge in [0.25, 0.3) is 0 Å². The summed E-state index contributed by atoms with van der Waals surface area (Å²) in [6, 6.07) is 0. The van der Waals surface area contributed by atoms with E-state index in [1.165, 1.54) is 19.3 Å². The van der Waals surface area contributed by atoms with Crippen molar-refractivity contribution in [3.8, 4) is 0 Å². The highest BCUT2D eigenvalue weighted by Gasteiger charge is 2.32. The number of unbranched alkanes of at least 4 members (excludes halogenated alkanes) is 5. The first-order chi connectivity index (χ1) is 12.5. The smallest absolute Gasteiger partial charge is 0.308 e. The summed E-state index contributed by atoms with van der Waals surface area (Å²) in [5.41, 5.74) is 0. The summed E-state index contributed by atoms with van der Waals surface area (Å²) in [4.78, 5) is 24.4. The van der Waals surface area contributed by atoms with Gasteiger partial charge in [-0.1, -0.05) is 65.7 Å². The maximum absolute atomic E-state index is 12.3. The van der Waals surface area contributed by atoms with Gasteiger partial charge in [-0.15, -0.1) is 0 Å². The van der Waals surface area contributed by atoms with E-state index in [0.717, 1.165) is 57.3 Å². The first-order valence-electron chi connectivity index (χ1n) is 10.9. The van der Waals surface area contributed by atoms with Crippen LogP contribution in [0.5, 0.6) is 0 Å². The molecule has 0 aromatic rings. The van der Waals surface area contributed by atoms with Crippen molar-refractivity contribution in [1.29, 1.82) is 0 Å². The molecule has 0 aromatic heterocycles. The van der Waals surface area contributed by atoms with Gasteiger partial charge in [0, 0.05) is 0 Å². The summed E-state index contributed by atoms with van der Waals surface area (Å²) in [7, 11) is 0. The Balaban J connectivity index is 2.16. The van der Waals surface area contributed by atoms with E-state index in [1.807, 2.05) is 0 Å². The maximum atomic E-state index is 12.3. The first-order valence-corrected chi connectivity index (χ1v) is 10.9. The Morgan fingerprint density at radius 1 is 0.846 bits per heavy atom.